The summed E-state index contributed by atoms with van der Waals surface area (Å²) in [5.74, 6) is 0. The van der Waals surface area contributed by atoms with Crippen LogP contribution in [0, 0.1) is 0 Å². The molecule has 1 aliphatic rings. The summed E-state index contributed by atoms with van der Waals surface area (Å²) in [6, 6.07) is 10.3. The van der Waals surface area contributed by atoms with Gasteiger partial charge in [0.2, 0.25) is 0 Å². The second-order valence-electron chi connectivity index (χ2n) is 4.75. The Bertz CT molecular complexity index is 388. The van der Waals surface area contributed by atoms with Crippen LogP contribution in [-0.2, 0) is 10.2 Å². The Morgan fingerprint density at radius 3 is 2.61 bits per heavy atom. The van der Waals surface area contributed by atoms with Gasteiger partial charge < -0.3 is 15.4 Å². The van der Waals surface area contributed by atoms with Crippen LogP contribution in [0.25, 0.3) is 0 Å². The van der Waals surface area contributed by atoms with Crippen LogP contribution >= 0.6 is 0 Å². The highest BCUT2D eigenvalue weighted by Crippen LogP contribution is 2.47. The minimum atomic E-state index is -0.116. The van der Waals surface area contributed by atoms with Crippen LogP contribution in [0.3, 0.4) is 0 Å². The Morgan fingerprint density at radius 1 is 1.28 bits per heavy atom. The Labute approximate surface area is 108 Å². The van der Waals surface area contributed by atoms with E-state index in [1.807, 2.05) is 18.2 Å². The number of nitrogens with one attached hydrogen (secondary N) is 2. The molecule has 18 heavy (non-hydrogen) atoms. The van der Waals surface area contributed by atoms with E-state index < -0.39 is 0 Å². The maximum absolute atomic E-state index is 11.5. The van der Waals surface area contributed by atoms with Crippen molar-refractivity contribution < 1.29 is 9.53 Å². The van der Waals surface area contributed by atoms with Gasteiger partial charge in [0.05, 0.1) is 6.61 Å². The van der Waals surface area contributed by atoms with Crippen molar-refractivity contribution in [1.82, 2.24) is 10.6 Å². The molecule has 4 nitrogen and oxygen atoms in total. The monoisotopic (exact) mass is 248 g/mol. The summed E-state index contributed by atoms with van der Waals surface area (Å²) in [6.07, 6.45) is 2.30. The van der Waals surface area contributed by atoms with E-state index in [4.69, 9.17) is 4.74 Å². The Kier molecular flexibility index (Phi) is 4.20. The topological polar surface area (TPSA) is 50.4 Å². The second-order valence-corrected chi connectivity index (χ2v) is 4.75. The minimum Gasteiger partial charge on any atom is -0.383 e. The molecular weight excluding hydrogens is 228 g/mol. The van der Waals surface area contributed by atoms with E-state index in [-0.39, 0.29) is 11.4 Å². The molecule has 0 aromatic heterocycles. The molecule has 4 heteroatoms. The van der Waals surface area contributed by atoms with Gasteiger partial charge >= 0.3 is 6.03 Å². The number of hydrogen-bond acceptors (Lipinski definition) is 2. The number of benzene rings is 1. The first-order valence-electron chi connectivity index (χ1n) is 6.33. The second kappa shape index (κ2) is 5.87. The van der Waals surface area contributed by atoms with Crippen molar-refractivity contribution in [3.05, 3.63) is 35.9 Å². The molecular formula is C14H20N2O2. The lowest BCUT2D eigenvalue weighted by Gasteiger charge is -2.16. The zero-order chi connectivity index (χ0) is 12.8. The molecule has 2 amide bonds. The number of carbonyl (C=O) groups is 1. The van der Waals surface area contributed by atoms with E-state index in [1.165, 1.54) is 5.56 Å². The molecule has 1 aromatic rings. The highest BCUT2D eigenvalue weighted by Gasteiger charge is 2.44. The quantitative estimate of drug-likeness (QED) is 0.752. The number of carbonyl (C=O) groups excluding carboxylic acids is 1. The van der Waals surface area contributed by atoms with Crippen molar-refractivity contribution >= 4 is 6.03 Å². The first kappa shape index (κ1) is 12.9. The molecule has 0 atom stereocenters. The summed E-state index contributed by atoms with van der Waals surface area (Å²) in [4.78, 5) is 11.5. The van der Waals surface area contributed by atoms with Crippen LogP contribution in [0.15, 0.2) is 30.3 Å². The molecule has 2 rings (SSSR count). The van der Waals surface area contributed by atoms with Gasteiger partial charge in [0, 0.05) is 25.6 Å². The van der Waals surface area contributed by atoms with Gasteiger partial charge in [0.1, 0.15) is 0 Å². The van der Waals surface area contributed by atoms with Crippen LogP contribution < -0.4 is 10.6 Å². The molecule has 0 saturated heterocycles. The maximum atomic E-state index is 11.5. The van der Waals surface area contributed by atoms with E-state index >= 15 is 0 Å². The molecule has 1 saturated carbocycles. The lowest BCUT2D eigenvalue weighted by molar-refractivity contribution is 0.195. The van der Waals surface area contributed by atoms with E-state index in [9.17, 15) is 4.79 Å². The molecule has 1 fully saturated rings. The normalized spacial score (nSPS) is 16.1. The lowest BCUT2D eigenvalue weighted by atomic mass is 9.96. The van der Waals surface area contributed by atoms with Gasteiger partial charge in [-0.1, -0.05) is 30.3 Å². The minimum absolute atomic E-state index is 0.116. The van der Waals surface area contributed by atoms with Crippen molar-refractivity contribution in [2.75, 3.05) is 26.8 Å². The third-order valence-electron chi connectivity index (χ3n) is 3.42. The third-order valence-corrected chi connectivity index (χ3v) is 3.42. The van der Waals surface area contributed by atoms with Crippen LogP contribution in [0.1, 0.15) is 18.4 Å². The molecule has 0 spiro atoms. The SMILES string of the molecule is COCCNC(=O)NCC1(c2ccccc2)CC1. The van der Waals surface area contributed by atoms with Gasteiger partial charge in [-0.15, -0.1) is 0 Å². The predicted octanol–water partition coefficient (Wildman–Crippen LogP) is 1.66. The highest BCUT2D eigenvalue weighted by molar-refractivity contribution is 5.74. The molecule has 0 aliphatic heterocycles. The van der Waals surface area contributed by atoms with Gasteiger partial charge in [-0.3, -0.25) is 0 Å². The van der Waals surface area contributed by atoms with Crippen molar-refractivity contribution in [2.45, 2.75) is 18.3 Å². The largest absolute Gasteiger partial charge is 0.383 e. The standard InChI is InChI=1S/C14H20N2O2/c1-18-10-9-15-13(17)16-11-14(7-8-14)12-5-3-2-4-6-12/h2-6H,7-11H2,1H3,(H2,15,16,17). The van der Waals surface area contributed by atoms with Crippen molar-refractivity contribution in [3.63, 3.8) is 0 Å². The summed E-state index contributed by atoms with van der Waals surface area (Å²) in [6.45, 7) is 1.79. The Balaban J connectivity index is 1.78. The summed E-state index contributed by atoms with van der Waals surface area (Å²) in [5, 5.41) is 5.70. The van der Waals surface area contributed by atoms with E-state index in [1.54, 1.807) is 7.11 Å². The molecule has 1 aliphatic carbocycles. The zero-order valence-corrected chi connectivity index (χ0v) is 10.7. The van der Waals surface area contributed by atoms with Crippen LogP contribution in [0.4, 0.5) is 4.79 Å². The fraction of sp³-hybridized carbons (Fsp3) is 0.500. The van der Waals surface area contributed by atoms with Gasteiger partial charge in [0.25, 0.3) is 0 Å². The number of ether oxygens (including phenoxy) is 1. The number of methoxy groups -OCH3 is 1. The smallest absolute Gasteiger partial charge is 0.314 e. The van der Waals surface area contributed by atoms with Crippen LogP contribution in [0.2, 0.25) is 0 Å². The summed E-state index contributed by atoms with van der Waals surface area (Å²) >= 11 is 0. The molecule has 1 aromatic carbocycles. The van der Waals surface area contributed by atoms with Crippen LogP contribution in [-0.4, -0.2) is 32.8 Å². The Hall–Kier alpha value is -1.55. The van der Waals surface area contributed by atoms with Crippen LogP contribution in [0.5, 0.6) is 0 Å². The predicted molar refractivity (Wildman–Crippen MR) is 70.6 cm³/mol. The third kappa shape index (κ3) is 3.23. The number of urea groups is 1. The summed E-state index contributed by atoms with van der Waals surface area (Å²) in [5.41, 5.74) is 1.49. The molecule has 0 unspecified atom stereocenters. The van der Waals surface area contributed by atoms with E-state index in [0.717, 1.165) is 12.8 Å². The fourth-order valence-corrected chi connectivity index (χ4v) is 2.09. The first-order valence-corrected chi connectivity index (χ1v) is 6.33. The van der Waals surface area contributed by atoms with Gasteiger partial charge in [-0.05, 0) is 18.4 Å². The van der Waals surface area contributed by atoms with Crippen molar-refractivity contribution in [3.8, 4) is 0 Å². The van der Waals surface area contributed by atoms with E-state index in [0.29, 0.717) is 19.7 Å². The maximum Gasteiger partial charge on any atom is 0.314 e. The molecule has 0 bridgehead atoms. The molecule has 0 radical (unpaired) electrons. The summed E-state index contributed by atoms with van der Waals surface area (Å²) < 4.78 is 4.88. The molecule has 2 N–H and O–H groups in total. The number of rotatable bonds is 6. The first-order chi connectivity index (χ1) is 8.77. The van der Waals surface area contributed by atoms with Gasteiger partial charge in [-0.25, -0.2) is 4.79 Å². The number of hydrogen-bond donors (Lipinski definition) is 2. The van der Waals surface area contributed by atoms with E-state index in [2.05, 4.69) is 22.8 Å². The summed E-state index contributed by atoms with van der Waals surface area (Å²) in [7, 11) is 1.62. The van der Waals surface area contributed by atoms with Gasteiger partial charge in [0.15, 0.2) is 0 Å². The lowest BCUT2D eigenvalue weighted by Crippen LogP contribution is -2.41. The average molecular weight is 248 g/mol. The average Bonchev–Trinajstić information content (AvgIpc) is 3.19. The van der Waals surface area contributed by atoms with Crippen molar-refractivity contribution in [2.24, 2.45) is 0 Å². The number of amides is 2. The fourth-order valence-electron chi connectivity index (χ4n) is 2.09. The highest BCUT2D eigenvalue weighted by atomic mass is 16.5. The molecule has 98 valence electrons. The van der Waals surface area contributed by atoms with Crippen molar-refractivity contribution in [1.29, 1.82) is 0 Å². The molecule has 0 heterocycles. The van der Waals surface area contributed by atoms with Gasteiger partial charge in [-0.2, -0.15) is 0 Å². The zero-order valence-electron chi connectivity index (χ0n) is 10.7. The Morgan fingerprint density at radius 2 is 2.00 bits per heavy atom.